The molecule has 40 heavy (non-hydrogen) atoms. The van der Waals surface area contributed by atoms with Gasteiger partial charge in [-0.2, -0.15) is 5.26 Å². The van der Waals surface area contributed by atoms with Gasteiger partial charge in [0.1, 0.15) is 5.82 Å². The Morgan fingerprint density at radius 2 is 1.90 bits per heavy atom. The molecule has 1 atom stereocenters. The number of urea groups is 1. The highest BCUT2D eigenvalue weighted by Crippen LogP contribution is 2.45. The third-order valence-electron chi connectivity index (χ3n) is 8.02. The number of nitriles is 1. The fourth-order valence-electron chi connectivity index (χ4n) is 5.93. The maximum atomic E-state index is 13.0. The third-order valence-corrected chi connectivity index (χ3v) is 8.25. The summed E-state index contributed by atoms with van der Waals surface area (Å²) in [6.45, 7) is 4.01. The van der Waals surface area contributed by atoms with Crippen molar-refractivity contribution < 1.29 is 4.79 Å². The molecule has 0 radical (unpaired) electrons. The summed E-state index contributed by atoms with van der Waals surface area (Å²) in [5.74, 6) is 1.36. The fourth-order valence-corrected chi connectivity index (χ4v) is 6.10. The van der Waals surface area contributed by atoms with Crippen molar-refractivity contribution in [3.05, 3.63) is 112 Å². The number of aromatic nitrogens is 3. The minimum Gasteiger partial charge on any atom is -0.331 e. The van der Waals surface area contributed by atoms with Gasteiger partial charge in [-0.05, 0) is 96.5 Å². The summed E-state index contributed by atoms with van der Waals surface area (Å²) in [5.41, 5.74) is 6.99. The first kappa shape index (κ1) is 25.8. The first-order chi connectivity index (χ1) is 19.5. The van der Waals surface area contributed by atoms with E-state index in [1.807, 2.05) is 42.5 Å². The van der Waals surface area contributed by atoms with Crippen LogP contribution in [0.15, 0.2) is 73.2 Å². The van der Waals surface area contributed by atoms with E-state index in [0.717, 1.165) is 35.5 Å². The van der Waals surface area contributed by atoms with Crippen molar-refractivity contribution in [2.75, 3.05) is 18.4 Å². The monoisotopic (exact) mass is 548 g/mol. The van der Waals surface area contributed by atoms with E-state index in [1.165, 1.54) is 11.1 Å². The number of hydrogen-bond acceptors (Lipinski definition) is 4. The number of nitrogens with one attached hydrogen (secondary N) is 1. The molecule has 2 amide bonds. The summed E-state index contributed by atoms with van der Waals surface area (Å²) in [6, 6.07) is 19.3. The van der Waals surface area contributed by atoms with Crippen molar-refractivity contribution in [3.8, 4) is 6.07 Å². The molecule has 7 nitrogen and oxygen atoms in total. The lowest BCUT2D eigenvalue weighted by Gasteiger charge is -2.36. The van der Waals surface area contributed by atoms with Crippen LogP contribution in [-0.2, 0) is 6.54 Å². The number of rotatable bonds is 4. The number of fused-ring (bicyclic) bond motifs is 2. The van der Waals surface area contributed by atoms with Crippen LogP contribution in [0, 0.1) is 24.2 Å². The Morgan fingerprint density at radius 1 is 1.10 bits per heavy atom. The number of amides is 2. The number of allylic oxidation sites excluding steroid dienone is 1. The van der Waals surface area contributed by atoms with E-state index in [-0.39, 0.29) is 11.9 Å². The van der Waals surface area contributed by atoms with Gasteiger partial charge in [0.2, 0.25) is 0 Å². The molecule has 4 aromatic rings. The summed E-state index contributed by atoms with van der Waals surface area (Å²) in [5, 5.41) is 12.7. The van der Waals surface area contributed by atoms with Gasteiger partial charge in [-0.25, -0.2) is 9.78 Å². The molecule has 0 saturated carbocycles. The number of carbonyl (C=O) groups excluding carboxylic acids is 1. The number of likely N-dealkylation sites (tertiary alicyclic amines) is 1. The predicted octanol–water partition coefficient (Wildman–Crippen LogP) is 6.74. The van der Waals surface area contributed by atoms with Crippen molar-refractivity contribution in [2.24, 2.45) is 5.92 Å². The van der Waals surface area contributed by atoms with Crippen molar-refractivity contribution in [1.82, 2.24) is 19.4 Å². The van der Waals surface area contributed by atoms with Crippen LogP contribution in [0.4, 0.5) is 10.5 Å². The zero-order chi connectivity index (χ0) is 27.6. The Kier molecular flexibility index (Phi) is 7.10. The molecule has 1 fully saturated rings. The molecule has 2 aliphatic rings. The molecule has 0 spiro atoms. The molecule has 1 aliphatic carbocycles. The highest BCUT2D eigenvalue weighted by Gasteiger charge is 2.35. The third kappa shape index (κ3) is 5.11. The normalized spacial score (nSPS) is 16.8. The maximum absolute atomic E-state index is 13.0. The van der Waals surface area contributed by atoms with E-state index in [0.29, 0.717) is 41.8 Å². The molecule has 8 heteroatoms. The highest BCUT2D eigenvalue weighted by atomic mass is 35.5. The largest absolute Gasteiger partial charge is 0.331 e. The van der Waals surface area contributed by atoms with E-state index >= 15 is 0 Å². The lowest BCUT2D eigenvalue weighted by molar-refractivity contribution is 0.177. The minimum absolute atomic E-state index is 0.0878. The topological polar surface area (TPSA) is 86.8 Å². The Labute approximate surface area is 238 Å². The Balaban J connectivity index is 1.27. The summed E-state index contributed by atoms with van der Waals surface area (Å²) >= 11 is 6.56. The van der Waals surface area contributed by atoms with Crippen LogP contribution in [0.1, 0.15) is 52.5 Å². The van der Waals surface area contributed by atoms with Gasteiger partial charge in [0.05, 0.1) is 17.3 Å². The van der Waals surface area contributed by atoms with E-state index in [1.54, 1.807) is 24.3 Å². The number of pyridine rings is 1. The van der Waals surface area contributed by atoms with Crippen LogP contribution >= 0.6 is 11.6 Å². The van der Waals surface area contributed by atoms with Crippen LogP contribution < -0.4 is 5.32 Å². The zero-order valence-electron chi connectivity index (χ0n) is 22.2. The summed E-state index contributed by atoms with van der Waals surface area (Å²) < 4.78 is 2.15. The number of piperidine rings is 1. The maximum Gasteiger partial charge on any atom is 0.321 e. The Bertz CT molecular complexity index is 1630. The van der Waals surface area contributed by atoms with Crippen molar-refractivity contribution >= 4 is 35.0 Å². The molecule has 1 unspecified atom stereocenters. The van der Waals surface area contributed by atoms with Gasteiger partial charge in [-0.1, -0.05) is 23.7 Å². The summed E-state index contributed by atoms with van der Waals surface area (Å²) in [4.78, 5) is 24.2. The number of imidazole rings is 1. The molecule has 2 aromatic carbocycles. The minimum atomic E-state index is -0.116. The average Bonchev–Trinajstić information content (AvgIpc) is 3.33. The molecule has 1 saturated heterocycles. The van der Waals surface area contributed by atoms with Crippen LogP contribution in [0.3, 0.4) is 0 Å². The molecule has 1 aliphatic heterocycles. The molecule has 0 bridgehead atoms. The number of carbonyl (C=O) groups is 1. The van der Waals surface area contributed by atoms with E-state index in [4.69, 9.17) is 21.8 Å². The molecule has 1 N–H and O–H groups in total. The van der Waals surface area contributed by atoms with Crippen molar-refractivity contribution in [1.29, 1.82) is 5.26 Å². The van der Waals surface area contributed by atoms with Gasteiger partial charge in [-0.3, -0.25) is 4.98 Å². The molecule has 200 valence electrons. The van der Waals surface area contributed by atoms with E-state index in [2.05, 4.69) is 45.2 Å². The van der Waals surface area contributed by atoms with Gasteiger partial charge in [0, 0.05) is 54.9 Å². The standard InChI is InChI=1S/C32H29ClN6O/c1-21-35-13-16-39(21)20-25-17-24-3-2-12-36-31(24)30(28-9-6-26(33)18-29(25)28)23-10-14-38(15-11-23)32(40)37-27-7-4-22(19-34)5-8-27/h2-9,12-13,16-18,23,30H,10-11,14-15,20H2,1H3,(H,37,40). The van der Waals surface area contributed by atoms with Crippen molar-refractivity contribution in [2.45, 2.75) is 32.2 Å². The average molecular weight is 549 g/mol. The second kappa shape index (κ2) is 11.0. The molecule has 2 aromatic heterocycles. The molecular weight excluding hydrogens is 520 g/mol. The van der Waals surface area contributed by atoms with Crippen LogP contribution in [0.25, 0.3) is 11.6 Å². The SMILES string of the molecule is Cc1nccn1CC1=Cc2cccnc2C(C2CCN(C(=O)Nc3ccc(C#N)cc3)CC2)c2ccc(Cl)cc21. The lowest BCUT2D eigenvalue weighted by Crippen LogP contribution is -2.42. The quantitative estimate of drug-likeness (QED) is 0.306. The first-order valence-electron chi connectivity index (χ1n) is 13.5. The van der Waals surface area contributed by atoms with E-state index < -0.39 is 0 Å². The van der Waals surface area contributed by atoms with Crippen LogP contribution in [0.2, 0.25) is 5.02 Å². The zero-order valence-corrected chi connectivity index (χ0v) is 23.0. The molecular formula is C32H29ClN6O. The lowest BCUT2D eigenvalue weighted by atomic mass is 9.76. The van der Waals surface area contributed by atoms with Gasteiger partial charge >= 0.3 is 6.03 Å². The van der Waals surface area contributed by atoms with Gasteiger partial charge in [-0.15, -0.1) is 0 Å². The van der Waals surface area contributed by atoms with Crippen LogP contribution in [0.5, 0.6) is 0 Å². The number of nitrogens with zero attached hydrogens (tertiary/aromatic N) is 5. The fraction of sp³-hybridized carbons (Fsp3) is 0.250. The number of aryl methyl sites for hydroxylation is 1. The van der Waals surface area contributed by atoms with Gasteiger partial charge in [0.25, 0.3) is 0 Å². The second-order valence-electron chi connectivity index (χ2n) is 10.4. The number of benzene rings is 2. The summed E-state index contributed by atoms with van der Waals surface area (Å²) in [6.07, 6.45) is 9.68. The second-order valence-corrected chi connectivity index (χ2v) is 10.8. The predicted molar refractivity (Wildman–Crippen MR) is 157 cm³/mol. The molecule has 6 rings (SSSR count). The first-order valence-corrected chi connectivity index (χ1v) is 13.9. The van der Waals surface area contributed by atoms with Crippen LogP contribution in [-0.4, -0.2) is 38.6 Å². The summed E-state index contributed by atoms with van der Waals surface area (Å²) in [7, 11) is 0. The van der Waals surface area contributed by atoms with Crippen molar-refractivity contribution in [3.63, 3.8) is 0 Å². The van der Waals surface area contributed by atoms with Gasteiger partial charge in [0.15, 0.2) is 0 Å². The molecule has 3 heterocycles. The number of halogens is 1. The Hall–Kier alpha value is -4.41. The highest BCUT2D eigenvalue weighted by molar-refractivity contribution is 6.30. The van der Waals surface area contributed by atoms with E-state index in [9.17, 15) is 4.79 Å². The number of hydrogen-bond donors (Lipinski definition) is 1. The smallest absolute Gasteiger partial charge is 0.321 e. The Morgan fingerprint density at radius 3 is 2.62 bits per heavy atom. The van der Waals surface area contributed by atoms with Gasteiger partial charge < -0.3 is 14.8 Å². The number of anilines is 1.